The average Bonchev–Trinajstić information content (AvgIpc) is 3.36. The lowest BCUT2D eigenvalue weighted by Gasteiger charge is -2.36. The van der Waals surface area contributed by atoms with E-state index in [-0.39, 0.29) is 0 Å². The van der Waals surface area contributed by atoms with Gasteiger partial charge in [0.2, 0.25) is 0 Å². The second-order valence-corrected chi connectivity index (χ2v) is 10.2. The van der Waals surface area contributed by atoms with Crippen LogP contribution in [0, 0.1) is 0 Å². The molecule has 0 bridgehead atoms. The van der Waals surface area contributed by atoms with E-state index in [4.69, 9.17) is 16.7 Å². The number of nitrogens with zero attached hydrogens (tertiary/aromatic N) is 4. The summed E-state index contributed by atoms with van der Waals surface area (Å²) in [5, 5.41) is 5.81. The summed E-state index contributed by atoms with van der Waals surface area (Å²) in [7, 11) is 0. The quantitative estimate of drug-likeness (QED) is 0.327. The summed E-state index contributed by atoms with van der Waals surface area (Å²) in [6.07, 6.45) is 15.0. The molecule has 0 spiro atoms. The van der Waals surface area contributed by atoms with E-state index < -0.39 is 0 Å². The lowest BCUT2D eigenvalue weighted by Crippen LogP contribution is -2.40. The van der Waals surface area contributed by atoms with Crippen molar-refractivity contribution < 1.29 is 0 Å². The molecule has 1 fully saturated rings. The fraction of sp³-hybridized carbons (Fsp3) is 0.323. The summed E-state index contributed by atoms with van der Waals surface area (Å²) in [4.78, 5) is 7.26. The van der Waals surface area contributed by atoms with Gasteiger partial charge in [0.25, 0.3) is 0 Å². The minimum atomic E-state index is 0.447. The summed E-state index contributed by atoms with van der Waals surface area (Å²) in [5.41, 5.74) is 7.91. The first kappa shape index (κ1) is 24.5. The number of halogens is 1. The molecule has 0 radical (unpaired) electrons. The first-order valence-electron chi connectivity index (χ1n) is 12.9. The van der Waals surface area contributed by atoms with Crippen molar-refractivity contribution in [3.63, 3.8) is 0 Å². The van der Waals surface area contributed by atoms with Crippen LogP contribution in [0.1, 0.15) is 55.5 Å². The number of piperidine rings is 1. The number of hydrogen-bond donors (Lipinski definition) is 0. The number of rotatable bonds is 7. The molecule has 1 aliphatic heterocycles. The Morgan fingerprint density at radius 3 is 2.67 bits per heavy atom. The molecule has 1 aromatic carbocycles. The van der Waals surface area contributed by atoms with Crippen LogP contribution in [0.2, 0.25) is 0 Å². The Balaban J connectivity index is 1.33. The first-order valence-corrected chi connectivity index (χ1v) is 13.3. The fourth-order valence-corrected chi connectivity index (χ4v) is 5.26. The van der Waals surface area contributed by atoms with Gasteiger partial charge in [-0.3, -0.25) is 0 Å². The van der Waals surface area contributed by atoms with Crippen LogP contribution >= 0.6 is 11.6 Å². The van der Waals surface area contributed by atoms with E-state index in [0.717, 1.165) is 60.9 Å². The van der Waals surface area contributed by atoms with Crippen molar-refractivity contribution in [1.82, 2.24) is 19.7 Å². The summed E-state index contributed by atoms with van der Waals surface area (Å²) in [6.45, 7) is 4.59. The summed E-state index contributed by atoms with van der Waals surface area (Å²) < 4.78 is 2.04. The van der Waals surface area contributed by atoms with Crippen molar-refractivity contribution in [3.05, 3.63) is 113 Å². The molecule has 3 heterocycles. The number of aromatic nitrogens is 3. The van der Waals surface area contributed by atoms with Crippen LogP contribution < -0.4 is 0 Å². The zero-order valence-electron chi connectivity index (χ0n) is 20.9. The highest BCUT2D eigenvalue weighted by molar-refractivity contribution is 6.29. The molecule has 0 N–H and O–H groups in total. The van der Waals surface area contributed by atoms with Crippen LogP contribution in [0.5, 0.6) is 0 Å². The van der Waals surface area contributed by atoms with Gasteiger partial charge in [-0.25, -0.2) is 9.67 Å². The lowest BCUT2D eigenvalue weighted by molar-refractivity contribution is 0.153. The van der Waals surface area contributed by atoms with E-state index in [2.05, 4.69) is 71.1 Å². The van der Waals surface area contributed by atoms with E-state index in [1.165, 1.54) is 17.7 Å². The normalized spacial score (nSPS) is 20.2. The van der Waals surface area contributed by atoms with Crippen molar-refractivity contribution in [1.29, 1.82) is 0 Å². The molecule has 184 valence electrons. The Morgan fingerprint density at radius 2 is 1.89 bits per heavy atom. The van der Waals surface area contributed by atoms with Crippen molar-refractivity contribution in [2.75, 3.05) is 13.1 Å². The number of hydrogen-bond acceptors (Lipinski definition) is 3. The molecule has 5 heteroatoms. The van der Waals surface area contributed by atoms with Gasteiger partial charge in [-0.15, -0.1) is 5.73 Å². The molecule has 2 aromatic heterocycles. The zero-order chi connectivity index (χ0) is 24.7. The van der Waals surface area contributed by atoms with Gasteiger partial charge in [-0.1, -0.05) is 54.1 Å². The van der Waals surface area contributed by atoms with Crippen LogP contribution in [0.15, 0.2) is 95.9 Å². The Bertz CT molecular complexity index is 1270. The van der Waals surface area contributed by atoms with Gasteiger partial charge in [0.1, 0.15) is 5.69 Å². The van der Waals surface area contributed by atoms with Crippen LogP contribution in [-0.2, 0) is 6.42 Å². The van der Waals surface area contributed by atoms with Crippen LogP contribution in [-0.4, -0.2) is 38.8 Å². The third-order valence-corrected chi connectivity index (χ3v) is 7.52. The Morgan fingerprint density at radius 1 is 1.08 bits per heavy atom. The minimum Gasteiger partial charge on any atom is -0.301 e. The Labute approximate surface area is 219 Å². The molecule has 36 heavy (non-hydrogen) atoms. The maximum absolute atomic E-state index is 6.18. The van der Waals surface area contributed by atoms with Gasteiger partial charge in [-0.05, 0) is 87.7 Å². The number of pyridine rings is 1. The highest BCUT2D eigenvalue weighted by atomic mass is 35.5. The van der Waals surface area contributed by atoms with Crippen molar-refractivity contribution >= 4 is 17.2 Å². The van der Waals surface area contributed by atoms with E-state index in [1.54, 1.807) is 0 Å². The van der Waals surface area contributed by atoms with E-state index in [9.17, 15) is 0 Å². The largest absolute Gasteiger partial charge is 0.301 e. The van der Waals surface area contributed by atoms with Crippen LogP contribution in [0.4, 0.5) is 0 Å². The standard InChI is InChI=1S/C31H33ClN4/c1-24(16-17-25-9-3-2-4-10-25)35-21-18-27(19-22-35)30-23-29(26-11-7-13-28(32)14-8-12-26)34-36(30)31-15-5-6-20-33-31/h2-11,14-15,20,23-24,27H,13,16-19,21-22H2,1H3/b11-7-,28-14+. The zero-order valence-corrected chi connectivity index (χ0v) is 21.6. The van der Waals surface area contributed by atoms with Crippen molar-refractivity contribution in [2.45, 2.75) is 51.0 Å². The summed E-state index contributed by atoms with van der Waals surface area (Å²) in [6, 6.07) is 19.6. The van der Waals surface area contributed by atoms with Crippen molar-refractivity contribution in [3.8, 4) is 5.82 Å². The predicted octanol–water partition coefficient (Wildman–Crippen LogP) is 7.09. The number of aryl methyl sites for hydroxylation is 1. The van der Waals surface area contributed by atoms with Gasteiger partial charge in [-0.2, -0.15) is 5.10 Å². The molecule has 4 nitrogen and oxygen atoms in total. The van der Waals surface area contributed by atoms with Crippen LogP contribution in [0.3, 0.4) is 0 Å². The van der Waals surface area contributed by atoms with E-state index >= 15 is 0 Å². The monoisotopic (exact) mass is 496 g/mol. The van der Waals surface area contributed by atoms with Gasteiger partial charge in [0.15, 0.2) is 5.82 Å². The highest BCUT2D eigenvalue weighted by Gasteiger charge is 2.27. The van der Waals surface area contributed by atoms with E-state index in [0.29, 0.717) is 12.0 Å². The Hall–Kier alpha value is -3.17. The number of likely N-dealkylation sites (tertiary alicyclic amines) is 1. The smallest absolute Gasteiger partial charge is 0.153 e. The molecule has 0 amide bonds. The minimum absolute atomic E-state index is 0.447. The molecule has 3 aromatic rings. The molecule has 2 aliphatic rings. The summed E-state index contributed by atoms with van der Waals surface area (Å²) >= 11 is 6.18. The van der Waals surface area contributed by atoms with E-state index in [1.807, 2.05) is 41.2 Å². The topological polar surface area (TPSA) is 34.0 Å². The second-order valence-electron chi connectivity index (χ2n) is 9.68. The molecule has 1 saturated heterocycles. The van der Waals surface area contributed by atoms with Crippen LogP contribution in [0.25, 0.3) is 11.4 Å². The maximum Gasteiger partial charge on any atom is 0.153 e. The van der Waals surface area contributed by atoms with Gasteiger partial charge >= 0.3 is 0 Å². The molecule has 0 saturated carbocycles. The maximum atomic E-state index is 6.18. The number of allylic oxidation sites excluding steroid dienone is 5. The molecular formula is C31H33ClN4. The third-order valence-electron chi connectivity index (χ3n) is 7.24. The summed E-state index contributed by atoms with van der Waals surface area (Å²) in [5.74, 6) is 1.31. The fourth-order valence-electron chi connectivity index (χ4n) is 5.11. The lowest BCUT2D eigenvalue weighted by atomic mass is 9.91. The molecule has 1 unspecified atom stereocenters. The second kappa shape index (κ2) is 11.7. The molecular weight excluding hydrogens is 464 g/mol. The highest BCUT2D eigenvalue weighted by Crippen LogP contribution is 2.32. The predicted molar refractivity (Wildman–Crippen MR) is 148 cm³/mol. The molecule has 5 rings (SSSR count). The third kappa shape index (κ3) is 5.96. The number of benzene rings is 1. The van der Waals surface area contributed by atoms with Gasteiger partial charge in [0.05, 0.1) is 0 Å². The molecule has 1 atom stereocenters. The van der Waals surface area contributed by atoms with Gasteiger partial charge < -0.3 is 4.90 Å². The average molecular weight is 497 g/mol. The van der Waals surface area contributed by atoms with Gasteiger partial charge in [0, 0.05) is 40.9 Å². The van der Waals surface area contributed by atoms with Crippen molar-refractivity contribution in [2.24, 2.45) is 0 Å². The SMILES string of the molecule is CC(CCc1ccccc1)N1CCC(c2cc(C3=C=C/C=C(/Cl)C/C=C\3)nn2-c2ccccn2)CC1. The molecule has 1 aliphatic carbocycles. The Kier molecular flexibility index (Phi) is 7.98. The first-order chi connectivity index (χ1) is 17.7.